The van der Waals surface area contributed by atoms with Gasteiger partial charge in [0.2, 0.25) is 5.91 Å². The van der Waals surface area contributed by atoms with E-state index < -0.39 is 0 Å². The van der Waals surface area contributed by atoms with Crippen molar-refractivity contribution in [2.75, 3.05) is 7.11 Å². The van der Waals surface area contributed by atoms with Crippen molar-refractivity contribution in [1.29, 1.82) is 0 Å². The van der Waals surface area contributed by atoms with Crippen molar-refractivity contribution >= 4 is 5.91 Å². The quantitative estimate of drug-likeness (QED) is 0.868. The van der Waals surface area contributed by atoms with Gasteiger partial charge in [0.15, 0.2) is 0 Å². The first kappa shape index (κ1) is 14.9. The maximum Gasteiger partial charge on any atom is 0.222 e. The predicted octanol–water partition coefficient (Wildman–Crippen LogP) is 2.53. The average Bonchev–Trinajstić information content (AvgIpc) is 2.84. The van der Waals surface area contributed by atoms with Crippen LogP contribution >= 0.6 is 0 Å². The van der Waals surface area contributed by atoms with E-state index in [1.165, 1.54) is 0 Å². The van der Waals surface area contributed by atoms with E-state index in [0.717, 1.165) is 37.0 Å². The SMILES string of the molecule is COc1cccc([C@H](C)NC(=O)CC2(N)CCCC2)c1. The Morgan fingerprint density at radius 3 is 2.80 bits per heavy atom. The number of carbonyl (C=O) groups excluding carboxylic acids is 1. The summed E-state index contributed by atoms with van der Waals surface area (Å²) >= 11 is 0. The fourth-order valence-electron chi connectivity index (χ4n) is 2.86. The van der Waals surface area contributed by atoms with E-state index >= 15 is 0 Å². The second-order valence-electron chi connectivity index (χ2n) is 5.81. The van der Waals surface area contributed by atoms with Gasteiger partial charge in [-0.2, -0.15) is 0 Å². The molecule has 3 N–H and O–H groups in total. The summed E-state index contributed by atoms with van der Waals surface area (Å²) in [5.41, 5.74) is 6.98. The number of ether oxygens (including phenoxy) is 1. The molecule has 1 atom stereocenters. The van der Waals surface area contributed by atoms with Crippen molar-refractivity contribution in [3.63, 3.8) is 0 Å². The monoisotopic (exact) mass is 276 g/mol. The summed E-state index contributed by atoms with van der Waals surface area (Å²) in [6, 6.07) is 7.71. The van der Waals surface area contributed by atoms with E-state index in [-0.39, 0.29) is 17.5 Å². The number of nitrogens with two attached hydrogens (primary N) is 1. The van der Waals surface area contributed by atoms with Crippen LogP contribution in [0.15, 0.2) is 24.3 Å². The van der Waals surface area contributed by atoms with Crippen LogP contribution in [0.1, 0.15) is 50.6 Å². The summed E-state index contributed by atoms with van der Waals surface area (Å²) < 4.78 is 5.20. The largest absolute Gasteiger partial charge is 0.497 e. The van der Waals surface area contributed by atoms with Gasteiger partial charge >= 0.3 is 0 Å². The summed E-state index contributed by atoms with van der Waals surface area (Å²) in [5, 5.41) is 3.03. The van der Waals surface area contributed by atoms with Crippen LogP contribution in [0.25, 0.3) is 0 Å². The maximum atomic E-state index is 12.1. The van der Waals surface area contributed by atoms with Crippen molar-refractivity contribution < 1.29 is 9.53 Å². The van der Waals surface area contributed by atoms with Crippen molar-refractivity contribution in [3.05, 3.63) is 29.8 Å². The highest BCUT2D eigenvalue weighted by Crippen LogP contribution is 2.30. The Kier molecular flexibility index (Phi) is 4.65. The number of hydrogen-bond acceptors (Lipinski definition) is 3. The van der Waals surface area contributed by atoms with E-state index in [9.17, 15) is 4.79 Å². The molecular formula is C16H24N2O2. The van der Waals surface area contributed by atoms with Crippen molar-refractivity contribution in [1.82, 2.24) is 5.32 Å². The highest BCUT2D eigenvalue weighted by Gasteiger charge is 2.31. The van der Waals surface area contributed by atoms with E-state index in [0.29, 0.717) is 6.42 Å². The third-order valence-corrected chi connectivity index (χ3v) is 4.08. The molecule has 1 aromatic carbocycles. The Bertz CT molecular complexity index is 467. The highest BCUT2D eigenvalue weighted by molar-refractivity contribution is 5.77. The molecule has 0 aliphatic heterocycles. The first-order chi connectivity index (χ1) is 9.52. The number of methoxy groups -OCH3 is 1. The predicted molar refractivity (Wildman–Crippen MR) is 79.6 cm³/mol. The Hall–Kier alpha value is -1.55. The zero-order valence-electron chi connectivity index (χ0n) is 12.3. The smallest absolute Gasteiger partial charge is 0.222 e. The third-order valence-electron chi connectivity index (χ3n) is 4.08. The summed E-state index contributed by atoms with van der Waals surface area (Å²) in [4.78, 5) is 12.1. The zero-order chi connectivity index (χ0) is 14.6. The first-order valence-corrected chi connectivity index (χ1v) is 7.25. The van der Waals surface area contributed by atoms with Crippen LogP contribution in [0.2, 0.25) is 0 Å². The molecule has 1 aliphatic carbocycles. The van der Waals surface area contributed by atoms with Crippen LogP contribution in [-0.2, 0) is 4.79 Å². The van der Waals surface area contributed by atoms with E-state index in [1.54, 1.807) is 7.11 Å². The van der Waals surface area contributed by atoms with Gasteiger partial charge in [-0.05, 0) is 37.5 Å². The molecule has 0 unspecified atom stereocenters. The molecule has 0 spiro atoms. The summed E-state index contributed by atoms with van der Waals surface area (Å²) in [5.74, 6) is 0.833. The highest BCUT2D eigenvalue weighted by atomic mass is 16.5. The summed E-state index contributed by atoms with van der Waals surface area (Å²) in [6.07, 6.45) is 4.59. The minimum Gasteiger partial charge on any atom is -0.497 e. The van der Waals surface area contributed by atoms with Crippen molar-refractivity contribution in [2.45, 2.75) is 50.6 Å². The van der Waals surface area contributed by atoms with Gasteiger partial charge in [0.25, 0.3) is 0 Å². The second-order valence-corrected chi connectivity index (χ2v) is 5.81. The Morgan fingerprint density at radius 1 is 1.45 bits per heavy atom. The maximum absolute atomic E-state index is 12.1. The van der Waals surface area contributed by atoms with Gasteiger partial charge in [-0.1, -0.05) is 25.0 Å². The van der Waals surface area contributed by atoms with Gasteiger partial charge in [0.1, 0.15) is 5.75 Å². The standard InChI is InChI=1S/C16H24N2O2/c1-12(13-6-5-7-14(10-13)20-2)18-15(19)11-16(17)8-3-4-9-16/h5-7,10,12H,3-4,8-9,11,17H2,1-2H3,(H,18,19)/t12-/m0/s1. The number of benzene rings is 1. The lowest BCUT2D eigenvalue weighted by atomic mass is 9.94. The molecular weight excluding hydrogens is 252 g/mol. The molecule has 1 aliphatic rings. The van der Waals surface area contributed by atoms with Crippen LogP contribution in [0.3, 0.4) is 0 Å². The number of amides is 1. The number of rotatable bonds is 5. The fraction of sp³-hybridized carbons (Fsp3) is 0.562. The van der Waals surface area contributed by atoms with Gasteiger partial charge in [-0.3, -0.25) is 4.79 Å². The molecule has 0 heterocycles. The number of nitrogens with one attached hydrogen (secondary N) is 1. The third kappa shape index (κ3) is 3.73. The molecule has 0 saturated heterocycles. The Morgan fingerprint density at radius 2 is 2.15 bits per heavy atom. The van der Waals surface area contributed by atoms with Gasteiger partial charge < -0.3 is 15.8 Å². The molecule has 1 saturated carbocycles. The molecule has 1 aromatic rings. The summed E-state index contributed by atoms with van der Waals surface area (Å²) in [7, 11) is 1.64. The lowest BCUT2D eigenvalue weighted by Gasteiger charge is -2.24. The molecule has 1 fully saturated rings. The second kappa shape index (κ2) is 6.27. The molecule has 0 bridgehead atoms. The van der Waals surface area contributed by atoms with Crippen LogP contribution in [-0.4, -0.2) is 18.6 Å². The van der Waals surface area contributed by atoms with Crippen LogP contribution < -0.4 is 15.8 Å². The van der Waals surface area contributed by atoms with E-state index in [4.69, 9.17) is 10.5 Å². The molecule has 4 nitrogen and oxygen atoms in total. The zero-order valence-corrected chi connectivity index (χ0v) is 12.3. The Labute approximate surface area is 120 Å². The first-order valence-electron chi connectivity index (χ1n) is 7.25. The van der Waals surface area contributed by atoms with Gasteiger partial charge in [0, 0.05) is 12.0 Å². The van der Waals surface area contributed by atoms with Crippen LogP contribution in [0, 0.1) is 0 Å². The van der Waals surface area contributed by atoms with E-state index in [2.05, 4.69) is 5.32 Å². The Balaban J connectivity index is 1.93. The number of hydrogen-bond donors (Lipinski definition) is 2. The van der Waals surface area contributed by atoms with Crippen molar-refractivity contribution in [2.24, 2.45) is 5.73 Å². The lowest BCUT2D eigenvalue weighted by Crippen LogP contribution is -2.42. The molecule has 110 valence electrons. The number of carbonyl (C=O) groups is 1. The van der Waals surface area contributed by atoms with Crippen molar-refractivity contribution in [3.8, 4) is 5.75 Å². The molecule has 20 heavy (non-hydrogen) atoms. The lowest BCUT2D eigenvalue weighted by molar-refractivity contribution is -0.122. The molecule has 0 radical (unpaired) electrons. The minimum absolute atomic E-state index is 0.0321. The van der Waals surface area contributed by atoms with E-state index in [1.807, 2.05) is 31.2 Å². The normalized spacial score (nSPS) is 18.6. The summed E-state index contributed by atoms with van der Waals surface area (Å²) in [6.45, 7) is 1.98. The molecule has 2 rings (SSSR count). The molecule has 1 amide bonds. The van der Waals surface area contributed by atoms with Gasteiger partial charge in [0.05, 0.1) is 13.2 Å². The molecule has 0 aromatic heterocycles. The van der Waals surface area contributed by atoms with Crippen LogP contribution in [0.5, 0.6) is 5.75 Å². The van der Waals surface area contributed by atoms with Crippen LogP contribution in [0.4, 0.5) is 0 Å². The molecule has 4 heteroatoms. The fourth-order valence-corrected chi connectivity index (χ4v) is 2.86. The van der Waals surface area contributed by atoms with Gasteiger partial charge in [-0.25, -0.2) is 0 Å². The van der Waals surface area contributed by atoms with Gasteiger partial charge in [-0.15, -0.1) is 0 Å². The minimum atomic E-state index is -0.293. The average molecular weight is 276 g/mol. The topological polar surface area (TPSA) is 64.3 Å².